The number of sulfonamides is 1. The number of piperidine rings is 1. The average molecular weight is 472 g/mol. The molecule has 33 heavy (non-hydrogen) atoms. The van der Waals surface area contributed by atoms with Crippen molar-refractivity contribution in [3.8, 4) is 5.75 Å². The molecule has 0 bridgehead atoms. The molecule has 0 aromatic heterocycles. The lowest BCUT2D eigenvalue weighted by Crippen LogP contribution is -2.40. The number of fused-ring (bicyclic) bond motifs is 1. The Labute approximate surface area is 194 Å². The minimum atomic E-state index is -3.63. The van der Waals surface area contributed by atoms with Crippen LogP contribution in [0.4, 0.5) is 0 Å². The number of aryl methyl sites for hydroxylation is 2. The SMILES string of the molecule is COc1ccc(S(=O)(=O)N2CCC(C(=O)OCC(=O)c3ccc4c(c3)CCCC4)CC2)cc1. The van der Waals surface area contributed by atoms with Crippen LogP contribution in [0, 0.1) is 5.92 Å². The molecular weight excluding hydrogens is 442 g/mol. The highest BCUT2D eigenvalue weighted by molar-refractivity contribution is 7.89. The second-order valence-corrected chi connectivity index (χ2v) is 10.5. The molecule has 176 valence electrons. The van der Waals surface area contributed by atoms with E-state index in [1.165, 1.54) is 41.1 Å². The number of rotatable bonds is 7. The normalized spacial score (nSPS) is 17.2. The Bertz CT molecular complexity index is 1120. The van der Waals surface area contributed by atoms with Crippen LogP contribution in [0.1, 0.15) is 47.2 Å². The summed E-state index contributed by atoms with van der Waals surface area (Å²) in [5.41, 5.74) is 3.08. The minimum Gasteiger partial charge on any atom is -0.497 e. The smallest absolute Gasteiger partial charge is 0.309 e. The molecule has 4 rings (SSSR count). The number of methoxy groups -OCH3 is 1. The van der Waals surface area contributed by atoms with Gasteiger partial charge >= 0.3 is 5.97 Å². The molecule has 2 aliphatic rings. The Balaban J connectivity index is 1.29. The molecule has 0 N–H and O–H groups in total. The van der Waals surface area contributed by atoms with E-state index in [-0.39, 0.29) is 30.4 Å². The summed E-state index contributed by atoms with van der Waals surface area (Å²) in [6.07, 6.45) is 5.06. The van der Waals surface area contributed by atoms with Crippen molar-refractivity contribution in [3.63, 3.8) is 0 Å². The molecule has 0 atom stereocenters. The fourth-order valence-corrected chi connectivity index (χ4v) is 5.94. The van der Waals surface area contributed by atoms with Crippen LogP contribution < -0.4 is 4.74 Å². The molecule has 0 spiro atoms. The highest BCUT2D eigenvalue weighted by Gasteiger charge is 2.33. The first kappa shape index (κ1) is 23.4. The van der Waals surface area contributed by atoms with Crippen LogP contribution in [0.5, 0.6) is 5.75 Å². The quantitative estimate of drug-likeness (QED) is 0.454. The number of esters is 1. The molecule has 7 nitrogen and oxygen atoms in total. The van der Waals surface area contributed by atoms with Crippen molar-refractivity contribution in [1.82, 2.24) is 4.31 Å². The number of hydrogen-bond donors (Lipinski definition) is 0. The van der Waals surface area contributed by atoms with Crippen LogP contribution in [0.25, 0.3) is 0 Å². The van der Waals surface area contributed by atoms with Gasteiger partial charge in [0.15, 0.2) is 12.4 Å². The van der Waals surface area contributed by atoms with Gasteiger partial charge < -0.3 is 9.47 Å². The largest absolute Gasteiger partial charge is 0.497 e. The van der Waals surface area contributed by atoms with E-state index in [1.807, 2.05) is 18.2 Å². The van der Waals surface area contributed by atoms with Gasteiger partial charge in [0, 0.05) is 18.7 Å². The van der Waals surface area contributed by atoms with E-state index >= 15 is 0 Å². The predicted octanol–water partition coefficient (Wildman–Crippen LogP) is 3.40. The molecule has 0 radical (unpaired) electrons. The molecule has 1 aliphatic heterocycles. The second-order valence-electron chi connectivity index (χ2n) is 8.58. The van der Waals surface area contributed by atoms with Gasteiger partial charge in [-0.05, 0) is 80.0 Å². The zero-order chi connectivity index (χ0) is 23.4. The first-order valence-corrected chi connectivity index (χ1v) is 12.8. The van der Waals surface area contributed by atoms with Gasteiger partial charge in [-0.15, -0.1) is 0 Å². The number of Topliss-reactive ketones (excluding diaryl/α,β-unsaturated/α-hetero) is 1. The van der Waals surface area contributed by atoms with Crippen molar-refractivity contribution in [2.75, 3.05) is 26.8 Å². The Morgan fingerprint density at radius 1 is 0.970 bits per heavy atom. The highest BCUT2D eigenvalue weighted by Crippen LogP contribution is 2.26. The molecule has 1 aliphatic carbocycles. The van der Waals surface area contributed by atoms with E-state index in [4.69, 9.17) is 9.47 Å². The summed E-state index contributed by atoms with van der Waals surface area (Å²) in [6.45, 7) is 0.168. The minimum absolute atomic E-state index is 0.194. The fourth-order valence-electron chi connectivity index (χ4n) is 4.47. The molecule has 1 fully saturated rings. The maximum Gasteiger partial charge on any atom is 0.309 e. The van der Waals surface area contributed by atoms with Crippen molar-refractivity contribution in [2.45, 2.75) is 43.4 Å². The van der Waals surface area contributed by atoms with Gasteiger partial charge in [0.25, 0.3) is 0 Å². The second kappa shape index (κ2) is 10.1. The molecule has 2 aromatic carbocycles. The maximum atomic E-state index is 12.9. The van der Waals surface area contributed by atoms with Gasteiger partial charge in [-0.25, -0.2) is 8.42 Å². The molecule has 2 aromatic rings. The molecule has 1 heterocycles. The first-order chi connectivity index (χ1) is 15.9. The van der Waals surface area contributed by atoms with Crippen LogP contribution >= 0.6 is 0 Å². The van der Waals surface area contributed by atoms with Crippen molar-refractivity contribution in [3.05, 3.63) is 59.2 Å². The van der Waals surface area contributed by atoms with E-state index in [9.17, 15) is 18.0 Å². The van der Waals surface area contributed by atoms with Gasteiger partial charge in [-0.3, -0.25) is 9.59 Å². The van der Waals surface area contributed by atoms with Crippen LogP contribution in [0.15, 0.2) is 47.4 Å². The average Bonchev–Trinajstić information content (AvgIpc) is 2.86. The number of ketones is 1. The standard InChI is InChI=1S/C25H29NO6S/c1-31-22-8-10-23(11-9-22)33(29,30)26-14-12-19(13-15-26)25(28)32-17-24(27)21-7-6-18-4-2-3-5-20(18)16-21/h6-11,16,19H,2-5,12-15,17H2,1H3. The molecule has 8 heteroatoms. The predicted molar refractivity (Wildman–Crippen MR) is 123 cm³/mol. The van der Waals surface area contributed by atoms with Gasteiger partial charge in [0.1, 0.15) is 5.75 Å². The number of nitrogens with zero attached hydrogens (tertiary/aromatic N) is 1. The number of hydrogen-bond acceptors (Lipinski definition) is 6. The van der Waals surface area contributed by atoms with Crippen LogP contribution in [-0.2, 0) is 32.4 Å². The lowest BCUT2D eigenvalue weighted by molar-refractivity contribution is -0.148. The zero-order valence-corrected chi connectivity index (χ0v) is 19.6. The first-order valence-electron chi connectivity index (χ1n) is 11.3. The molecular formula is C25H29NO6S. The van der Waals surface area contributed by atoms with E-state index in [2.05, 4.69) is 0 Å². The summed E-state index contributed by atoms with van der Waals surface area (Å²) in [5, 5.41) is 0. The van der Waals surface area contributed by atoms with E-state index in [1.54, 1.807) is 12.1 Å². The van der Waals surface area contributed by atoms with E-state index in [0.29, 0.717) is 24.2 Å². The maximum absolute atomic E-state index is 12.9. The molecule has 0 unspecified atom stereocenters. The van der Waals surface area contributed by atoms with Gasteiger partial charge in [-0.1, -0.05) is 12.1 Å². The zero-order valence-electron chi connectivity index (χ0n) is 18.8. The van der Waals surface area contributed by atoms with E-state index < -0.39 is 21.9 Å². The van der Waals surface area contributed by atoms with Gasteiger partial charge in [0.2, 0.25) is 10.0 Å². The third-order valence-corrected chi connectivity index (χ3v) is 8.41. The number of ether oxygens (including phenoxy) is 2. The van der Waals surface area contributed by atoms with Crippen molar-refractivity contribution < 1.29 is 27.5 Å². The molecule has 0 saturated carbocycles. The van der Waals surface area contributed by atoms with Crippen molar-refractivity contribution >= 4 is 21.8 Å². The Hall–Kier alpha value is -2.71. The summed E-state index contributed by atoms with van der Waals surface area (Å²) in [6, 6.07) is 12.0. The molecule has 0 amide bonds. The number of carbonyl (C=O) groups is 2. The van der Waals surface area contributed by atoms with Gasteiger partial charge in [0.05, 0.1) is 17.9 Å². The summed E-state index contributed by atoms with van der Waals surface area (Å²) in [5.74, 6) is -0.483. The Morgan fingerprint density at radius 3 is 2.30 bits per heavy atom. The monoisotopic (exact) mass is 471 g/mol. The van der Waals surface area contributed by atoms with Crippen LogP contribution in [-0.4, -0.2) is 51.3 Å². The third-order valence-electron chi connectivity index (χ3n) is 6.50. The summed E-state index contributed by atoms with van der Waals surface area (Å²) >= 11 is 0. The van der Waals surface area contributed by atoms with Crippen LogP contribution in [0.3, 0.4) is 0 Å². The Kier molecular flexibility index (Phi) is 7.14. The molecule has 1 saturated heterocycles. The topological polar surface area (TPSA) is 90.0 Å². The highest BCUT2D eigenvalue weighted by atomic mass is 32.2. The number of carbonyl (C=O) groups excluding carboxylic acids is 2. The van der Waals surface area contributed by atoms with E-state index in [0.717, 1.165) is 19.3 Å². The van der Waals surface area contributed by atoms with Gasteiger partial charge in [-0.2, -0.15) is 4.31 Å². The summed E-state index contributed by atoms with van der Waals surface area (Å²) in [4.78, 5) is 25.2. The lowest BCUT2D eigenvalue weighted by Gasteiger charge is -2.30. The summed E-state index contributed by atoms with van der Waals surface area (Å²) in [7, 11) is -2.11. The van der Waals surface area contributed by atoms with Crippen LogP contribution in [0.2, 0.25) is 0 Å². The van der Waals surface area contributed by atoms with Crippen molar-refractivity contribution in [1.29, 1.82) is 0 Å². The number of benzene rings is 2. The fraction of sp³-hybridized carbons (Fsp3) is 0.440. The lowest BCUT2D eigenvalue weighted by atomic mass is 9.90. The summed E-state index contributed by atoms with van der Waals surface area (Å²) < 4.78 is 37.5. The Morgan fingerprint density at radius 2 is 1.64 bits per heavy atom. The third kappa shape index (κ3) is 5.28. The van der Waals surface area contributed by atoms with Crippen molar-refractivity contribution in [2.24, 2.45) is 5.92 Å².